The fourth-order valence-corrected chi connectivity index (χ4v) is 2.97. The Hall–Kier alpha value is -1.62. The Bertz CT molecular complexity index is 735. The van der Waals surface area contributed by atoms with Crippen molar-refractivity contribution in [2.45, 2.75) is 40.0 Å². The highest BCUT2D eigenvalue weighted by molar-refractivity contribution is 9.10. The lowest BCUT2D eigenvalue weighted by Gasteiger charge is -2.20. The maximum absolute atomic E-state index is 12.1. The molecule has 0 spiro atoms. The number of nitrogens with zero attached hydrogens (tertiary/aromatic N) is 1. The lowest BCUT2D eigenvalue weighted by atomic mass is 9.92. The van der Waals surface area contributed by atoms with Gasteiger partial charge in [0.05, 0.1) is 5.69 Å². The van der Waals surface area contributed by atoms with Gasteiger partial charge in [-0.3, -0.25) is 4.79 Å². The van der Waals surface area contributed by atoms with Crippen molar-refractivity contribution >= 4 is 15.9 Å². The summed E-state index contributed by atoms with van der Waals surface area (Å²) in [6.07, 6.45) is 0. The maximum Gasteiger partial charge on any atom is 0.265 e. The number of hydrogen-bond donors (Lipinski definition) is 2. The van der Waals surface area contributed by atoms with Crippen molar-refractivity contribution in [3.63, 3.8) is 0 Å². The summed E-state index contributed by atoms with van der Waals surface area (Å²) in [5, 5.41) is 9.86. The smallest absolute Gasteiger partial charge is 0.265 e. The molecule has 0 fully saturated rings. The van der Waals surface area contributed by atoms with Gasteiger partial charge in [-0.1, -0.05) is 20.8 Å². The van der Waals surface area contributed by atoms with Crippen molar-refractivity contribution in [1.82, 2.24) is 9.97 Å². The molecule has 0 aliphatic carbocycles. The van der Waals surface area contributed by atoms with E-state index in [4.69, 9.17) is 0 Å². The molecule has 0 aliphatic rings. The summed E-state index contributed by atoms with van der Waals surface area (Å²) >= 11 is 3.32. The molecule has 0 saturated carbocycles. The van der Waals surface area contributed by atoms with E-state index >= 15 is 0 Å². The molecule has 21 heavy (non-hydrogen) atoms. The number of hydrogen-bond acceptors (Lipinski definition) is 3. The van der Waals surface area contributed by atoms with Crippen molar-refractivity contribution < 1.29 is 5.11 Å². The quantitative estimate of drug-likeness (QED) is 0.821. The van der Waals surface area contributed by atoms with Crippen LogP contribution in [0.15, 0.2) is 21.4 Å². The lowest BCUT2D eigenvalue weighted by molar-refractivity contribution is 0.467. The first-order valence-electron chi connectivity index (χ1n) is 6.72. The SMILES string of the molecule is Cc1cc(-c2nc(C(C)(C)C)c(Br)c(=O)[nH]2)cc(C)c1O. The Morgan fingerprint density at radius 3 is 2.19 bits per heavy atom. The second-order valence-electron chi connectivity index (χ2n) is 6.29. The summed E-state index contributed by atoms with van der Waals surface area (Å²) in [5.41, 5.74) is 2.57. The topological polar surface area (TPSA) is 66.0 Å². The Balaban J connectivity index is 2.71. The molecule has 5 heteroatoms. The molecular formula is C16H19BrN2O2. The van der Waals surface area contributed by atoms with Crippen molar-refractivity contribution in [2.75, 3.05) is 0 Å². The monoisotopic (exact) mass is 350 g/mol. The number of halogens is 1. The molecule has 112 valence electrons. The highest BCUT2D eigenvalue weighted by atomic mass is 79.9. The number of aryl methyl sites for hydroxylation is 2. The average molecular weight is 351 g/mol. The summed E-state index contributed by atoms with van der Waals surface area (Å²) in [4.78, 5) is 19.5. The lowest BCUT2D eigenvalue weighted by Crippen LogP contribution is -2.22. The van der Waals surface area contributed by atoms with Crippen molar-refractivity contribution in [1.29, 1.82) is 0 Å². The van der Waals surface area contributed by atoms with Crippen LogP contribution in [0.2, 0.25) is 0 Å². The van der Waals surface area contributed by atoms with Crippen LogP contribution in [0.5, 0.6) is 5.75 Å². The molecule has 1 heterocycles. The summed E-state index contributed by atoms with van der Waals surface area (Å²) in [7, 11) is 0. The van der Waals surface area contributed by atoms with Gasteiger partial charge in [0.15, 0.2) is 0 Å². The number of benzene rings is 1. The first kappa shape index (κ1) is 15.8. The van der Waals surface area contributed by atoms with E-state index in [9.17, 15) is 9.90 Å². The molecule has 0 saturated heterocycles. The summed E-state index contributed by atoms with van der Waals surface area (Å²) in [5.74, 6) is 0.786. The molecule has 2 aromatic rings. The van der Waals surface area contributed by atoms with Gasteiger partial charge in [0.25, 0.3) is 5.56 Å². The van der Waals surface area contributed by atoms with E-state index in [1.54, 1.807) is 0 Å². The Labute approximate surface area is 132 Å². The highest BCUT2D eigenvalue weighted by Crippen LogP contribution is 2.30. The molecule has 1 aromatic heterocycles. The first-order valence-corrected chi connectivity index (χ1v) is 7.51. The van der Waals surface area contributed by atoms with Crippen molar-refractivity contribution in [3.05, 3.63) is 43.8 Å². The Morgan fingerprint density at radius 2 is 1.71 bits per heavy atom. The number of aromatic hydroxyl groups is 1. The third kappa shape index (κ3) is 3.02. The van der Waals surface area contributed by atoms with Crippen molar-refractivity contribution in [2.24, 2.45) is 0 Å². The van der Waals surface area contributed by atoms with E-state index in [0.717, 1.165) is 16.7 Å². The number of nitrogens with one attached hydrogen (secondary N) is 1. The Kier molecular flexibility index (Phi) is 3.97. The van der Waals surface area contributed by atoms with Gasteiger partial charge in [0, 0.05) is 11.0 Å². The van der Waals surface area contributed by atoms with E-state index in [0.29, 0.717) is 16.0 Å². The zero-order valence-electron chi connectivity index (χ0n) is 12.8. The minimum Gasteiger partial charge on any atom is -0.507 e. The highest BCUT2D eigenvalue weighted by Gasteiger charge is 2.22. The minimum atomic E-state index is -0.247. The molecule has 0 amide bonds. The minimum absolute atomic E-state index is 0.201. The largest absolute Gasteiger partial charge is 0.507 e. The van der Waals surface area contributed by atoms with Crippen LogP contribution in [0.4, 0.5) is 0 Å². The number of aromatic nitrogens is 2. The van der Waals surface area contributed by atoms with E-state index in [-0.39, 0.29) is 16.7 Å². The molecule has 0 bridgehead atoms. The van der Waals surface area contributed by atoms with Gasteiger partial charge in [-0.15, -0.1) is 0 Å². The van der Waals surface area contributed by atoms with Crippen LogP contribution in [-0.4, -0.2) is 15.1 Å². The Morgan fingerprint density at radius 1 is 1.19 bits per heavy atom. The predicted molar refractivity (Wildman–Crippen MR) is 87.8 cm³/mol. The summed E-state index contributed by atoms with van der Waals surface area (Å²) < 4.78 is 0.464. The van der Waals surface area contributed by atoms with Gasteiger partial charge in [0.1, 0.15) is 16.0 Å². The predicted octanol–water partition coefficient (Wildman–Crippen LogP) is 3.82. The van der Waals surface area contributed by atoms with Gasteiger partial charge < -0.3 is 10.1 Å². The van der Waals surface area contributed by atoms with Crippen LogP contribution in [0.25, 0.3) is 11.4 Å². The molecule has 0 radical (unpaired) electrons. The van der Waals surface area contributed by atoms with E-state index in [1.807, 2.05) is 46.8 Å². The summed E-state index contributed by atoms with van der Waals surface area (Å²) in [6.45, 7) is 9.69. The molecule has 2 rings (SSSR count). The van der Waals surface area contributed by atoms with E-state index in [1.165, 1.54) is 0 Å². The van der Waals surface area contributed by atoms with Gasteiger partial charge in [0.2, 0.25) is 0 Å². The standard InChI is InChI=1S/C16H19BrN2O2/c1-8-6-10(7-9(2)12(8)20)14-18-13(16(3,4)5)11(17)15(21)19-14/h6-7,20H,1-5H3,(H,18,19,21). The number of aromatic amines is 1. The number of H-pyrrole nitrogens is 1. The number of rotatable bonds is 1. The zero-order valence-corrected chi connectivity index (χ0v) is 14.4. The summed E-state index contributed by atoms with van der Waals surface area (Å²) in [6, 6.07) is 3.64. The zero-order chi connectivity index (χ0) is 15.9. The van der Waals surface area contributed by atoms with Crippen LogP contribution < -0.4 is 5.56 Å². The fraction of sp³-hybridized carbons (Fsp3) is 0.375. The van der Waals surface area contributed by atoms with Gasteiger partial charge >= 0.3 is 0 Å². The van der Waals surface area contributed by atoms with Gasteiger partial charge in [-0.25, -0.2) is 4.98 Å². The molecule has 0 atom stereocenters. The maximum atomic E-state index is 12.1. The molecule has 2 N–H and O–H groups in total. The average Bonchev–Trinajstić information content (AvgIpc) is 2.37. The first-order chi connectivity index (χ1) is 9.61. The van der Waals surface area contributed by atoms with Crippen LogP contribution >= 0.6 is 15.9 Å². The van der Waals surface area contributed by atoms with Crippen LogP contribution in [-0.2, 0) is 5.41 Å². The van der Waals surface area contributed by atoms with E-state index in [2.05, 4.69) is 25.9 Å². The fourth-order valence-electron chi connectivity index (χ4n) is 2.19. The number of phenols is 1. The van der Waals surface area contributed by atoms with Crippen molar-refractivity contribution in [3.8, 4) is 17.1 Å². The molecule has 0 unspecified atom stereocenters. The van der Waals surface area contributed by atoms with Crippen LogP contribution in [0.1, 0.15) is 37.6 Å². The number of phenolic OH excluding ortho intramolecular Hbond substituents is 1. The van der Waals surface area contributed by atoms with E-state index < -0.39 is 0 Å². The van der Waals surface area contributed by atoms with Gasteiger partial charge in [-0.05, 0) is 53.0 Å². The molecule has 4 nitrogen and oxygen atoms in total. The second-order valence-corrected chi connectivity index (χ2v) is 7.08. The molecule has 0 aliphatic heterocycles. The third-order valence-corrected chi connectivity index (χ3v) is 4.07. The molecule has 1 aromatic carbocycles. The van der Waals surface area contributed by atoms with Crippen LogP contribution in [0.3, 0.4) is 0 Å². The van der Waals surface area contributed by atoms with Crippen LogP contribution in [0, 0.1) is 13.8 Å². The third-order valence-electron chi connectivity index (χ3n) is 3.34. The van der Waals surface area contributed by atoms with Gasteiger partial charge in [-0.2, -0.15) is 0 Å². The second kappa shape index (κ2) is 5.30. The normalized spacial score (nSPS) is 11.7. The molecular weight excluding hydrogens is 332 g/mol.